The highest BCUT2D eigenvalue weighted by Gasteiger charge is 2.13. The molecule has 0 saturated carbocycles. The first-order chi connectivity index (χ1) is 12.7. The Labute approximate surface area is 154 Å². The number of rotatable bonds is 3. The molecule has 2 aromatic heterocycles. The number of aromatic nitrogens is 4. The first-order valence-corrected chi connectivity index (χ1v) is 7.89. The zero-order valence-corrected chi connectivity index (χ0v) is 15.3. The Morgan fingerprint density at radius 1 is 1.22 bits per heavy atom. The molecule has 9 heteroatoms. The van der Waals surface area contributed by atoms with Crippen LogP contribution in [-0.2, 0) is 4.74 Å². The van der Waals surface area contributed by atoms with E-state index in [0.717, 1.165) is 5.69 Å². The second kappa shape index (κ2) is 8.26. The van der Waals surface area contributed by atoms with Crippen molar-refractivity contribution in [2.75, 3.05) is 7.11 Å². The molecule has 1 aromatic carbocycles. The van der Waals surface area contributed by atoms with Gasteiger partial charge in [-0.3, -0.25) is 5.10 Å². The minimum absolute atomic E-state index is 0.147. The highest BCUT2D eigenvalue weighted by molar-refractivity contribution is 5.90. The van der Waals surface area contributed by atoms with Crippen LogP contribution in [0.25, 0.3) is 5.69 Å². The number of hydrogen-bond donors (Lipinski definition) is 2. The van der Waals surface area contributed by atoms with Gasteiger partial charge >= 0.3 is 11.9 Å². The second-order valence-corrected chi connectivity index (χ2v) is 5.71. The first kappa shape index (κ1) is 19.8. The molecule has 0 saturated heterocycles. The van der Waals surface area contributed by atoms with Crippen LogP contribution in [0.5, 0.6) is 0 Å². The van der Waals surface area contributed by atoms with Gasteiger partial charge in [-0.1, -0.05) is 0 Å². The fourth-order valence-corrected chi connectivity index (χ4v) is 2.34. The second-order valence-electron chi connectivity index (χ2n) is 5.71. The number of carboxylic acid groups (broad SMARTS) is 1. The zero-order chi connectivity index (χ0) is 20.1. The fraction of sp³-hybridized carbons (Fsp3) is 0.222. The molecule has 142 valence electrons. The number of nitrogens with zero attached hydrogens (tertiary/aromatic N) is 3. The summed E-state index contributed by atoms with van der Waals surface area (Å²) in [6.45, 7) is 5.13. The standard InChI is InChI=1S/C12H11FN2O2.C6H8N2O2/c1-7-5-9(13)3-4-11(7)15-6-10(12(16)17)8(2)14-15;1-4-5(3-7-8-4)6(9)10-2/h3-6H,1-2H3,(H,16,17);3H,1-2H3,(H,7,8). The summed E-state index contributed by atoms with van der Waals surface area (Å²) in [6.07, 6.45) is 2.87. The molecule has 0 amide bonds. The Bertz CT molecular complexity index is 978. The van der Waals surface area contributed by atoms with E-state index >= 15 is 0 Å². The number of aromatic carboxylic acids is 1. The smallest absolute Gasteiger partial charge is 0.341 e. The van der Waals surface area contributed by atoms with E-state index in [-0.39, 0.29) is 17.3 Å². The summed E-state index contributed by atoms with van der Waals surface area (Å²) < 4.78 is 18.9. The number of benzene rings is 1. The Balaban J connectivity index is 0.000000223. The minimum atomic E-state index is -1.02. The van der Waals surface area contributed by atoms with Crippen molar-refractivity contribution in [3.05, 3.63) is 64.5 Å². The van der Waals surface area contributed by atoms with Crippen LogP contribution < -0.4 is 0 Å². The highest BCUT2D eigenvalue weighted by Crippen LogP contribution is 2.17. The number of halogens is 1. The molecule has 3 aromatic rings. The molecule has 27 heavy (non-hydrogen) atoms. The topological polar surface area (TPSA) is 110 Å². The molecule has 0 spiro atoms. The molecule has 0 fully saturated rings. The lowest BCUT2D eigenvalue weighted by Crippen LogP contribution is -2.00. The predicted molar refractivity (Wildman–Crippen MR) is 94.6 cm³/mol. The summed E-state index contributed by atoms with van der Waals surface area (Å²) in [5.74, 6) is -1.70. The van der Waals surface area contributed by atoms with E-state index in [1.807, 2.05) is 0 Å². The number of H-pyrrole nitrogens is 1. The van der Waals surface area contributed by atoms with E-state index in [9.17, 15) is 14.0 Å². The van der Waals surface area contributed by atoms with Gasteiger partial charge in [0.1, 0.15) is 16.9 Å². The third kappa shape index (κ3) is 4.57. The van der Waals surface area contributed by atoms with E-state index in [1.54, 1.807) is 26.8 Å². The average molecular weight is 374 g/mol. The molecule has 0 aliphatic rings. The van der Waals surface area contributed by atoms with Crippen molar-refractivity contribution >= 4 is 11.9 Å². The van der Waals surface area contributed by atoms with Gasteiger partial charge in [0.15, 0.2) is 0 Å². The highest BCUT2D eigenvalue weighted by atomic mass is 19.1. The summed E-state index contributed by atoms with van der Waals surface area (Å²) in [6, 6.07) is 4.27. The van der Waals surface area contributed by atoms with Gasteiger partial charge in [0.2, 0.25) is 0 Å². The number of carbonyl (C=O) groups excluding carboxylic acids is 1. The Morgan fingerprint density at radius 2 is 1.93 bits per heavy atom. The Morgan fingerprint density at radius 3 is 2.41 bits per heavy atom. The van der Waals surface area contributed by atoms with Crippen LogP contribution in [0.3, 0.4) is 0 Å². The Hall–Kier alpha value is -3.49. The van der Waals surface area contributed by atoms with Crippen molar-refractivity contribution in [1.82, 2.24) is 20.0 Å². The largest absolute Gasteiger partial charge is 0.478 e. The number of methoxy groups -OCH3 is 1. The molecule has 0 aliphatic heterocycles. The van der Waals surface area contributed by atoms with Crippen molar-refractivity contribution in [3.8, 4) is 5.69 Å². The molecule has 0 aliphatic carbocycles. The molecule has 0 radical (unpaired) electrons. The molecular formula is C18H19FN4O4. The number of carboxylic acids is 1. The number of aromatic amines is 1. The van der Waals surface area contributed by atoms with Gasteiger partial charge in [-0.15, -0.1) is 0 Å². The van der Waals surface area contributed by atoms with E-state index in [0.29, 0.717) is 22.5 Å². The van der Waals surface area contributed by atoms with Gasteiger partial charge in [-0.2, -0.15) is 10.2 Å². The van der Waals surface area contributed by atoms with Crippen molar-refractivity contribution in [2.24, 2.45) is 0 Å². The van der Waals surface area contributed by atoms with Crippen LogP contribution in [0.4, 0.5) is 4.39 Å². The molecule has 0 unspecified atom stereocenters. The zero-order valence-electron chi connectivity index (χ0n) is 15.3. The van der Waals surface area contributed by atoms with Crippen LogP contribution in [0, 0.1) is 26.6 Å². The van der Waals surface area contributed by atoms with E-state index < -0.39 is 5.97 Å². The molecule has 2 heterocycles. The normalized spacial score (nSPS) is 10.1. The SMILES string of the molecule is COC(=O)c1cn[nH]c1C.Cc1cc(F)ccc1-n1cc(C(=O)O)c(C)n1. The monoisotopic (exact) mass is 374 g/mol. The maximum absolute atomic E-state index is 13.0. The Kier molecular flexibility index (Phi) is 6.07. The van der Waals surface area contributed by atoms with E-state index in [2.05, 4.69) is 20.0 Å². The van der Waals surface area contributed by atoms with E-state index in [4.69, 9.17) is 5.11 Å². The molecular weight excluding hydrogens is 355 g/mol. The van der Waals surface area contributed by atoms with Crippen LogP contribution in [0.2, 0.25) is 0 Å². The van der Waals surface area contributed by atoms with Crippen molar-refractivity contribution in [1.29, 1.82) is 0 Å². The van der Waals surface area contributed by atoms with Gasteiger partial charge in [-0.25, -0.2) is 18.7 Å². The van der Waals surface area contributed by atoms with Gasteiger partial charge < -0.3 is 9.84 Å². The maximum Gasteiger partial charge on any atom is 0.341 e. The number of hydrogen-bond acceptors (Lipinski definition) is 5. The lowest BCUT2D eigenvalue weighted by molar-refractivity contribution is 0.0599. The lowest BCUT2D eigenvalue weighted by Gasteiger charge is -2.05. The average Bonchev–Trinajstić information content (AvgIpc) is 3.20. The summed E-state index contributed by atoms with van der Waals surface area (Å²) >= 11 is 0. The minimum Gasteiger partial charge on any atom is -0.478 e. The van der Waals surface area contributed by atoms with Crippen LogP contribution >= 0.6 is 0 Å². The fourth-order valence-electron chi connectivity index (χ4n) is 2.34. The van der Waals surface area contributed by atoms with Crippen LogP contribution in [0.15, 0.2) is 30.6 Å². The van der Waals surface area contributed by atoms with E-state index in [1.165, 1.54) is 36.3 Å². The number of aryl methyl sites for hydroxylation is 3. The van der Waals surface area contributed by atoms with Crippen LogP contribution in [0.1, 0.15) is 37.7 Å². The third-order valence-electron chi connectivity index (χ3n) is 3.77. The molecule has 8 nitrogen and oxygen atoms in total. The molecule has 0 bridgehead atoms. The number of carbonyl (C=O) groups is 2. The molecule has 3 rings (SSSR count). The van der Waals surface area contributed by atoms with Gasteiger partial charge in [0.25, 0.3) is 0 Å². The number of esters is 1. The molecule has 2 N–H and O–H groups in total. The quantitative estimate of drug-likeness (QED) is 0.682. The third-order valence-corrected chi connectivity index (χ3v) is 3.77. The van der Waals surface area contributed by atoms with Crippen LogP contribution in [-0.4, -0.2) is 44.1 Å². The van der Waals surface area contributed by atoms with Crippen molar-refractivity contribution in [3.63, 3.8) is 0 Å². The first-order valence-electron chi connectivity index (χ1n) is 7.89. The summed E-state index contributed by atoms with van der Waals surface area (Å²) in [5, 5.41) is 19.3. The van der Waals surface area contributed by atoms with Gasteiger partial charge in [-0.05, 0) is 44.5 Å². The number of ether oxygens (including phenoxy) is 1. The predicted octanol–water partition coefficient (Wildman–Crippen LogP) is 2.83. The summed E-state index contributed by atoms with van der Waals surface area (Å²) in [5.41, 5.74) is 3.16. The summed E-state index contributed by atoms with van der Waals surface area (Å²) in [4.78, 5) is 21.7. The maximum atomic E-state index is 13.0. The van der Waals surface area contributed by atoms with Gasteiger partial charge in [0.05, 0.1) is 24.7 Å². The lowest BCUT2D eigenvalue weighted by atomic mass is 10.2. The number of nitrogens with one attached hydrogen (secondary N) is 1. The van der Waals surface area contributed by atoms with Crippen molar-refractivity contribution < 1.29 is 23.8 Å². The summed E-state index contributed by atoms with van der Waals surface area (Å²) in [7, 11) is 1.34. The van der Waals surface area contributed by atoms with Gasteiger partial charge in [0, 0.05) is 11.9 Å². The van der Waals surface area contributed by atoms with Crippen molar-refractivity contribution in [2.45, 2.75) is 20.8 Å². The molecule has 0 atom stereocenters.